The summed E-state index contributed by atoms with van der Waals surface area (Å²) >= 11 is 0. The molecule has 2 aromatic rings. The molecule has 21 heavy (non-hydrogen) atoms. The van der Waals surface area contributed by atoms with Crippen LogP contribution in [0.25, 0.3) is 0 Å². The van der Waals surface area contributed by atoms with E-state index >= 15 is 0 Å². The predicted molar refractivity (Wildman–Crippen MR) is 78.2 cm³/mol. The lowest BCUT2D eigenvalue weighted by Gasteiger charge is -2.10. The van der Waals surface area contributed by atoms with E-state index < -0.39 is 5.82 Å². The van der Waals surface area contributed by atoms with Crippen molar-refractivity contribution in [1.82, 2.24) is 9.97 Å². The zero-order valence-electron chi connectivity index (χ0n) is 11.5. The van der Waals surface area contributed by atoms with Crippen LogP contribution in [0.5, 0.6) is 0 Å². The second-order valence-electron chi connectivity index (χ2n) is 4.38. The normalized spacial score (nSPS) is 10.0. The van der Waals surface area contributed by atoms with Gasteiger partial charge in [-0.2, -0.15) is 5.26 Å². The number of nitriles is 1. The van der Waals surface area contributed by atoms with E-state index in [9.17, 15) is 4.39 Å². The minimum absolute atomic E-state index is 0.234. The minimum atomic E-state index is -0.521. The molecule has 0 aliphatic heterocycles. The Morgan fingerprint density at radius 2 is 2.05 bits per heavy atom. The number of aromatic nitrogens is 2. The third kappa shape index (κ3) is 3.64. The van der Waals surface area contributed by atoms with Crippen LogP contribution in [-0.4, -0.2) is 9.97 Å². The largest absolute Gasteiger partial charge is 0.338 e. The maximum Gasteiger partial charge on any atom is 0.147 e. The van der Waals surface area contributed by atoms with Crippen LogP contribution in [0.3, 0.4) is 0 Å². The van der Waals surface area contributed by atoms with Gasteiger partial charge in [-0.3, -0.25) is 0 Å². The van der Waals surface area contributed by atoms with Gasteiger partial charge in [-0.1, -0.05) is 6.92 Å². The average molecular weight is 286 g/mol. The first kappa shape index (κ1) is 14.7. The zero-order chi connectivity index (χ0) is 15.2. The fraction of sp³-hybridized carbons (Fsp3) is 0.214. The van der Waals surface area contributed by atoms with E-state index in [1.807, 2.05) is 13.0 Å². The molecule has 0 saturated carbocycles. The molecule has 1 aromatic carbocycles. The Kier molecular flexibility index (Phi) is 4.64. The van der Waals surface area contributed by atoms with E-state index in [1.54, 1.807) is 6.07 Å². The lowest BCUT2D eigenvalue weighted by Crippen LogP contribution is -2.11. The maximum atomic E-state index is 13.9. The fourth-order valence-electron chi connectivity index (χ4n) is 1.79. The molecule has 0 aliphatic carbocycles. The molecular formula is C14H15FN6. The number of anilines is 3. The first-order valence-electron chi connectivity index (χ1n) is 6.47. The molecule has 108 valence electrons. The van der Waals surface area contributed by atoms with E-state index in [2.05, 4.69) is 20.7 Å². The van der Waals surface area contributed by atoms with Gasteiger partial charge in [0, 0.05) is 12.5 Å². The van der Waals surface area contributed by atoms with Crippen molar-refractivity contribution in [1.29, 1.82) is 5.26 Å². The summed E-state index contributed by atoms with van der Waals surface area (Å²) < 4.78 is 13.9. The topological polar surface area (TPSA) is 99.6 Å². The maximum absolute atomic E-state index is 13.9. The van der Waals surface area contributed by atoms with Gasteiger partial charge in [0.25, 0.3) is 0 Å². The summed E-state index contributed by atoms with van der Waals surface area (Å²) in [4.78, 5) is 8.51. The second kappa shape index (κ2) is 6.63. The number of halogens is 1. The summed E-state index contributed by atoms with van der Waals surface area (Å²) in [6.07, 6.45) is 1.58. The van der Waals surface area contributed by atoms with Gasteiger partial charge in [-0.15, -0.1) is 0 Å². The molecule has 2 rings (SSSR count). The van der Waals surface area contributed by atoms with Crippen LogP contribution >= 0.6 is 0 Å². The molecule has 6 nitrogen and oxygen atoms in total. The predicted octanol–water partition coefficient (Wildman–Crippen LogP) is 2.47. The average Bonchev–Trinajstić information content (AvgIpc) is 2.49. The number of nitrogens with zero attached hydrogens (tertiary/aromatic N) is 3. The van der Waals surface area contributed by atoms with Crippen molar-refractivity contribution in [3.63, 3.8) is 0 Å². The van der Waals surface area contributed by atoms with Gasteiger partial charge in [0.05, 0.1) is 17.3 Å². The van der Waals surface area contributed by atoms with Crippen molar-refractivity contribution in [2.45, 2.75) is 19.8 Å². The molecule has 7 heteroatoms. The number of nitrogens with one attached hydrogen (secondary N) is 2. The van der Waals surface area contributed by atoms with E-state index in [0.717, 1.165) is 6.42 Å². The first-order chi connectivity index (χ1) is 10.2. The Labute approximate surface area is 121 Å². The molecule has 0 saturated heterocycles. The van der Waals surface area contributed by atoms with Crippen LogP contribution in [0, 0.1) is 17.1 Å². The van der Waals surface area contributed by atoms with Crippen LogP contribution in [0.4, 0.5) is 21.7 Å². The van der Waals surface area contributed by atoms with Gasteiger partial charge in [-0.05, 0) is 24.6 Å². The van der Waals surface area contributed by atoms with Crippen LogP contribution in [0.2, 0.25) is 0 Å². The third-order valence-electron chi connectivity index (χ3n) is 2.75. The molecule has 1 aromatic heterocycles. The molecule has 0 aliphatic rings. The Bertz CT molecular complexity index is 680. The molecular weight excluding hydrogens is 271 g/mol. The van der Waals surface area contributed by atoms with Gasteiger partial charge < -0.3 is 10.7 Å². The molecule has 0 spiro atoms. The Morgan fingerprint density at radius 3 is 2.67 bits per heavy atom. The summed E-state index contributed by atoms with van der Waals surface area (Å²) in [6.45, 7) is 2.01. The van der Waals surface area contributed by atoms with E-state index in [0.29, 0.717) is 23.9 Å². The summed E-state index contributed by atoms with van der Waals surface area (Å²) in [5.74, 6) is 6.34. The van der Waals surface area contributed by atoms with Gasteiger partial charge in [0.2, 0.25) is 0 Å². The molecule has 1 heterocycles. The lowest BCUT2D eigenvalue weighted by atomic mass is 10.2. The number of nitrogens with two attached hydrogens (primary N) is 1. The molecule has 0 unspecified atom stereocenters. The molecule has 0 amide bonds. The number of hydrazine groups is 1. The Hall–Kier alpha value is -2.72. The van der Waals surface area contributed by atoms with E-state index in [4.69, 9.17) is 11.1 Å². The first-order valence-corrected chi connectivity index (χ1v) is 6.47. The zero-order valence-corrected chi connectivity index (χ0v) is 11.5. The van der Waals surface area contributed by atoms with Gasteiger partial charge in [-0.25, -0.2) is 20.2 Å². The summed E-state index contributed by atoms with van der Waals surface area (Å²) in [5.41, 5.74) is 2.95. The third-order valence-corrected chi connectivity index (χ3v) is 2.75. The Morgan fingerprint density at radius 1 is 1.29 bits per heavy atom. The van der Waals surface area contributed by atoms with Crippen LogP contribution in [-0.2, 0) is 6.42 Å². The number of rotatable bonds is 5. The minimum Gasteiger partial charge on any atom is -0.338 e. The van der Waals surface area contributed by atoms with Gasteiger partial charge in [0.1, 0.15) is 23.3 Å². The summed E-state index contributed by atoms with van der Waals surface area (Å²) in [7, 11) is 0. The lowest BCUT2D eigenvalue weighted by molar-refractivity contribution is 0.631. The highest BCUT2D eigenvalue weighted by Crippen LogP contribution is 2.21. The van der Waals surface area contributed by atoms with Crippen molar-refractivity contribution in [2.24, 2.45) is 5.84 Å². The highest BCUT2D eigenvalue weighted by Gasteiger charge is 2.08. The molecule has 0 fully saturated rings. The summed E-state index contributed by atoms with van der Waals surface area (Å²) in [6, 6.07) is 7.65. The number of benzene rings is 1. The van der Waals surface area contributed by atoms with Crippen molar-refractivity contribution in [3.05, 3.63) is 41.5 Å². The number of nitrogen functional groups attached to an aromatic ring is 1. The Balaban J connectivity index is 2.30. The van der Waals surface area contributed by atoms with E-state index in [1.165, 1.54) is 18.2 Å². The molecule has 0 radical (unpaired) electrons. The number of hydrogen-bond acceptors (Lipinski definition) is 6. The fourth-order valence-corrected chi connectivity index (χ4v) is 1.79. The number of hydrogen-bond donors (Lipinski definition) is 3. The van der Waals surface area contributed by atoms with Crippen molar-refractivity contribution < 1.29 is 4.39 Å². The van der Waals surface area contributed by atoms with Crippen LogP contribution < -0.4 is 16.6 Å². The smallest absolute Gasteiger partial charge is 0.147 e. The van der Waals surface area contributed by atoms with Gasteiger partial charge >= 0.3 is 0 Å². The quantitative estimate of drug-likeness (QED) is 0.576. The molecule has 4 N–H and O–H groups in total. The molecule has 0 bridgehead atoms. The van der Waals surface area contributed by atoms with Crippen LogP contribution in [0.1, 0.15) is 24.7 Å². The summed E-state index contributed by atoms with van der Waals surface area (Å²) in [5, 5.41) is 11.6. The van der Waals surface area contributed by atoms with Crippen molar-refractivity contribution in [2.75, 3.05) is 10.7 Å². The second-order valence-corrected chi connectivity index (χ2v) is 4.38. The van der Waals surface area contributed by atoms with Crippen LogP contribution in [0.15, 0.2) is 24.3 Å². The SMILES string of the molecule is CCCc1nc(NN)cc(Nc2ccc(C#N)cc2F)n1. The van der Waals surface area contributed by atoms with E-state index in [-0.39, 0.29) is 11.3 Å². The molecule has 0 atom stereocenters. The number of aryl methyl sites for hydroxylation is 1. The highest BCUT2D eigenvalue weighted by molar-refractivity contribution is 5.60. The highest BCUT2D eigenvalue weighted by atomic mass is 19.1. The van der Waals surface area contributed by atoms with Crippen molar-refractivity contribution in [3.8, 4) is 6.07 Å². The monoisotopic (exact) mass is 286 g/mol. The standard InChI is InChI=1S/C14H15FN6/c1-2-3-12-19-13(7-14(20-12)21-17)18-11-5-4-9(8-16)6-10(11)15/h4-7H,2-3,17H2,1H3,(H2,18,19,20,21). The van der Waals surface area contributed by atoms with Crippen molar-refractivity contribution >= 4 is 17.3 Å². The van der Waals surface area contributed by atoms with Gasteiger partial charge in [0.15, 0.2) is 0 Å².